The summed E-state index contributed by atoms with van der Waals surface area (Å²) in [7, 11) is 1.67. The molecule has 0 bridgehead atoms. The highest BCUT2D eigenvalue weighted by atomic mass is 79.9. The lowest BCUT2D eigenvalue weighted by Crippen LogP contribution is -2.07. The molecular weight excluding hydrogens is 532 g/mol. The number of ether oxygens (including phenoxy) is 2. The van der Waals surface area contributed by atoms with Crippen LogP contribution in [0.2, 0.25) is 0 Å². The number of hydrogen-bond donors (Lipinski definition) is 1. The molecule has 4 aromatic carbocycles. The number of fused-ring (bicyclic) bond motifs is 1. The van der Waals surface area contributed by atoms with Crippen LogP contribution < -0.4 is 14.9 Å². The van der Waals surface area contributed by atoms with Crippen molar-refractivity contribution >= 4 is 48.8 Å². The van der Waals surface area contributed by atoms with Crippen LogP contribution in [0.1, 0.15) is 16.7 Å². The van der Waals surface area contributed by atoms with Gasteiger partial charge in [0.15, 0.2) is 0 Å². The predicted octanol–water partition coefficient (Wildman–Crippen LogP) is 7.08. The van der Waals surface area contributed by atoms with E-state index in [0.29, 0.717) is 13.2 Å². The van der Waals surface area contributed by atoms with Gasteiger partial charge in [-0.3, -0.25) is 0 Å². The monoisotopic (exact) mass is 552 g/mol. The Morgan fingerprint density at radius 2 is 1.56 bits per heavy atom. The number of benzene rings is 4. The van der Waals surface area contributed by atoms with Crippen molar-refractivity contribution < 1.29 is 9.47 Å². The average Bonchev–Trinajstić information content (AvgIpc) is 2.81. The minimum atomic E-state index is 0.479. The smallest absolute Gasteiger partial charge is 0.148 e. The molecular formula is C26H22Br2N2O2. The zero-order valence-electron chi connectivity index (χ0n) is 17.5. The van der Waals surface area contributed by atoms with Gasteiger partial charge >= 0.3 is 0 Å². The molecule has 0 fully saturated rings. The molecule has 0 saturated heterocycles. The Bertz CT molecular complexity index is 1230. The van der Waals surface area contributed by atoms with Crippen molar-refractivity contribution in [1.29, 1.82) is 0 Å². The van der Waals surface area contributed by atoms with Gasteiger partial charge in [0, 0.05) is 5.56 Å². The first-order valence-electron chi connectivity index (χ1n) is 10.1. The van der Waals surface area contributed by atoms with Crippen LogP contribution in [0.25, 0.3) is 10.8 Å². The van der Waals surface area contributed by atoms with Crippen molar-refractivity contribution in [3.8, 4) is 11.5 Å². The molecule has 0 aliphatic carbocycles. The highest BCUT2D eigenvalue weighted by Crippen LogP contribution is 2.35. The fraction of sp³-hybridized carbons (Fsp3) is 0.115. The maximum Gasteiger partial charge on any atom is 0.148 e. The van der Waals surface area contributed by atoms with E-state index in [1.807, 2.05) is 48.5 Å². The second-order valence-electron chi connectivity index (χ2n) is 7.15. The molecule has 0 aromatic heterocycles. The first-order valence-corrected chi connectivity index (χ1v) is 11.7. The largest absolute Gasteiger partial charge is 0.496 e. The first kappa shape index (κ1) is 22.4. The Hall–Kier alpha value is -2.83. The van der Waals surface area contributed by atoms with E-state index in [-0.39, 0.29) is 0 Å². The number of hydrazone groups is 1. The minimum Gasteiger partial charge on any atom is -0.496 e. The van der Waals surface area contributed by atoms with Crippen LogP contribution in [0.15, 0.2) is 92.9 Å². The first-order chi connectivity index (χ1) is 15.7. The molecule has 0 unspecified atom stereocenters. The lowest BCUT2D eigenvalue weighted by Gasteiger charge is -2.13. The van der Waals surface area contributed by atoms with Crippen LogP contribution in [0.3, 0.4) is 0 Å². The van der Waals surface area contributed by atoms with Gasteiger partial charge in [0.2, 0.25) is 0 Å². The van der Waals surface area contributed by atoms with Crippen LogP contribution in [0, 0.1) is 0 Å². The molecule has 1 N–H and O–H groups in total. The molecule has 0 radical (unpaired) electrons. The molecule has 32 heavy (non-hydrogen) atoms. The number of rotatable bonds is 8. The van der Waals surface area contributed by atoms with Crippen molar-refractivity contribution in [2.75, 3.05) is 7.11 Å². The van der Waals surface area contributed by atoms with Gasteiger partial charge < -0.3 is 14.9 Å². The summed E-state index contributed by atoms with van der Waals surface area (Å²) in [4.78, 5) is 0. The fourth-order valence-corrected chi connectivity index (χ4v) is 4.91. The van der Waals surface area contributed by atoms with Crippen LogP contribution >= 0.6 is 31.9 Å². The molecule has 4 aromatic rings. The number of halogens is 2. The Balaban J connectivity index is 1.42. The number of nitrogens with one attached hydrogen (secondary N) is 1. The predicted molar refractivity (Wildman–Crippen MR) is 138 cm³/mol. The second-order valence-corrected chi connectivity index (χ2v) is 8.85. The van der Waals surface area contributed by atoms with Gasteiger partial charge in [0.25, 0.3) is 0 Å². The maximum absolute atomic E-state index is 6.16. The lowest BCUT2D eigenvalue weighted by atomic mass is 10.1. The SMILES string of the molecule is COc1ccccc1CN/N=C\c1cc(Br)c(OCc2cccc3ccccc23)c(Br)c1. The number of para-hydroxylation sites is 1. The molecule has 0 aliphatic heterocycles. The van der Waals surface area contributed by atoms with E-state index in [0.717, 1.165) is 37.1 Å². The van der Waals surface area contributed by atoms with Crippen LogP contribution in [0.4, 0.5) is 0 Å². The van der Waals surface area contributed by atoms with Crippen LogP contribution in [-0.4, -0.2) is 13.3 Å². The fourth-order valence-electron chi connectivity index (χ4n) is 3.46. The molecule has 4 rings (SSSR count). The zero-order chi connectivity index (χ0) is 22.3. The zero-order valence-corrected chi connectivity index (χ0v) is 20.7. The van der Waals surface area contributed by atoms with Crippen molar-refractivity contribution in [1.82, 2.24) is 5.43 Å². The van der Waals surface area contributed by atoms with Gasteiger partial charge in [-0.2, -0.15) is 5.10 Å². The molecule has 0 spiro atoms. The summed E-state index contributed by atoms with van der Waals surface area (Å²) in [6.45, 7) is 1.06. The average molecular weight is 554 g/mol. The molecule has 0 heterocycles. The molecule has 6 heteroatoms. The van der Waals surface area contributed by atoms with Gasteiger partial charge in [-0.25, -0.2) is 0 Å². The van der Waals surface area contributed by atoms with E-state index in [1.165, 1.54) is 10.8 Å². The van der Waals surface area contributed by atoms with Gasteiger partial charge in [-0.1, -0.05) is 60.7 Å². The molecule has 0 amide bonds. The van der Waals surface area contributed by atoms with E-state index >= 15 is 0 Å². The maximum atomic E-state index is 6.16. The second kappa shape index (κ2) is 10.7. The minimum absolute atomic E-state index is 0.479. The van der Waals surface area contributed by atoms with Crippen LogP contribution in [-0.2, 0) is 13.2 Å². The Labute approximate surface area is 204 Å². The summed E-state index contributed by atoms with van der Waals surface area (Å²) >= 11 is 7.26. The number of nitrogens with zero attached hydrogens (tertiary/aromatic N) is 1. The highest BCUT2D eigenvalue weighted by Gasteiger charge is 2.10. The standard InChI is InChI=1S/C26H22Br2N2O2/c1-31-25-12-5-3-8-20(25)16-30-29-15-18-13-23(27)26(24(28)14-18)32-17-21-10-6-9-19-7-2-4-11-22(19)21/h2-15,30H,16-17H2,1H3/b29-15-. The third kappa shape index (κ3) is 5.31. The van der Waals surface area contributed by atoms with Crippen molar-refractivity contribution in [3.63, 3.8) is 0 Å². The van der Waals surface area contributed by atoms with Gasteiger partial charge in [-0.05, 0) is 72.0 Å². The molecule has 162 valence electrons. The van der Waals surface area contributed by atoms with E-state index in [1.54, 1.807) is 13.3 Å². The lowest BCUT2D eigenvalue weighted by molar-refractivity contribution is 0.303. The quantitative estimate of drug-likeness (QED) is 0.187. The Morgan fingerprint density at radius 1 is 0.875 bits per heavy atom. The van der Waals surface area contributed by atoms with Crippen molar-refractivity contribution in [2.24, 2.45) is 5.10 Å². The topological polar surface area (TPSA) is 42.8 Å². The molecule has 0 aliphatic rings. The van der Waals surface area contributed by atoms with E-state index in [2.05, 4.69) is 72.7 Å². The summed E-state index contributed by atoms with van der Waals surface area (Å²) in [6, 6.07) is 26.4. The van der Waals surface area contributed by atoms with E-state index in [9.17, 15) is 0 Å². The molecule has 4 nitrogen and oxygen atoms in total. The highest BCUT2D eigenvalue weighted by molar-refractivity contribution is 9.11. The van der Waals surface area contributed by atoms with E-state index < -0.39 is 0 Å². The van der Waals surface area contributed by atoms with Gasteiger partial charge in [0.1, 0.15) is 18.1 Å². The Kier molecular flexibility index (Phi) is 7.45. The van der Waals surface area contributed by atoms with E-state index in [4.69, 9.17) is 9.47 Å². The summed E-state index contributed by atoms with van der Waals surface area (Å²) < 4.78 is 13.2. The summed E-state index contributed by atoms with van der Waals surface area (Å²) in [5, 5.41) is 6.75. The third-order valence-electron chi connectivity index (χ3n) is 5.04. The van der Waals surface area contributed by atoms with Crippen LogP contribution in [0.5, 0.6) is 11.5 Å². The molecule has 0 atom stereocenters. The van der Waals surface area contributed by atoms with Gasteiger partial charge in [-0.15, -0.1) is 0 Å². The normalized spacial score (nSPS) is 11.1. The van der Waals surface area contributed by atoms with Gasteiger partial charge in [0.05, 0.1) is 28.8 Å². The third-order valence-corrected chi connectivity index (χ3v) is 6.22. The summed E-state index contributed by atoms with van der Waals surface area (Å²) in [5.74, 6) is 1.60. The Morgan fingerprint density at radius 3 is 2.38 bits per heavy atom. The summed E-state index contributed by atoms with van der Waals surface area (Å²) in [5.41, 5.74) is 6.20. The van der Waals surface area contributed by atoms with Crippen molar-refractivity contribution in [3.05, 3.63) is 104 Å². The van der Waals surface area contributed by atoms with Crippen molar-refractivity contribution in [2.45, 2.75) is 13.2 Å². The number of hydrogen-bond acceptors (Lipinski definition) is 4. The number of methoxy groups -OCH3 is 1. The molecule has 0 saturated carbocycles. The summed E-state index contributed by atoms with van der Waals surface area (Å²) in [6.07, 6.45) is 1.78.